The molecular formula is C14H13ClO2. The first-order valence-electron chi connectivity index (χ1n) is 5.41. The Labute approximate surface area is 105 Å². The molecule has 3 heteroatoms. The van der Waals surface area contributed by atoms with E-state index < -0.39 is 0 Å². The summed E-state index contributed by atoms with van der Waals surface area (Å²) in [5.41, 5.74) is 1.09. The third kappa shape index (κ3) is 3.48. The number of aliphatic hydroxyl groups excluding tert-OH is 1. The highest BCUT2D eigenvalue weighted by Gasteiger charge is 1.98. The Bertz CT molecular complexity index is 463. The molecule has 0 aliphatic heterocycles. The van der Waals surface area contributed by atoms with Gasteiger partial charge in [-0.05, 0) is 48.4 Å². The van der Waals surface area contributed by atoms with E-state index in [1.54, 1.807) is 12.1 Å². The Hall–Kier alpha value is -1.51. The number of rotatable bonds is 4. The van der Waals surface area contributed by atoms with Crippen molar-refractivity contribution in [2.24, 2.45) is 0 Å². The van der Waals surface area contributed by atoms with Gasteiger partial charge in [0.25, 0.3) is 0 Å². The highest BCUT2D eigenvalue weighted by Crippen LogP contribution is 2.23. The molecule has 0 saturated heterocycles. The van der Waals surface area contributed by atoms with Gasteiger partial charge >= 0.3 is 0 Å². The van der Waals surface area contributed by atoms with Crippen molar-refractivity contribution in [1.82, 2.24) is 0 Å². The van der Waals surface area contributed by atoms with Gasteiger partial charge in [-0.15, -0.1) is 0 Å². The van der Waals surface area contributed by atoms with Crippen LogP contribution < -0.4 is 4.74 Å². The number of hydrogen-bond donors (Lipinski definition) is 1. The van der Waals surface area contributed by atoms with Crippen LogP contribution in [0.15, 0.2) is 48.5 Å². The number of hydrogen-bond acceptors (Lipinski definition) is 2. The van der Waals surface area contributed by atoms with Gasteiger partial charge in [0.05, 0.1) is 0 Å². The molecule has 0 amide bonds. The molecule has 0 aliphatic rings. The molecule has 2 aromatic rings. The van der Waals surface area contributed by atoms with Crippen molar-refractivity contribution >= 4 is 11.6 Å². The standard InChI is InChI=1S/C14H13ClO2/c15-12-3-7-14(8-4-12)17-13-5-1-11(2-6-13)9-10-16/h1-8,16H,9-10H2. The van der Waals surface area contributed by atoms with Crippen LogP contribution in [0.3, 0.4) is 0 Å². The zero-order chi connectivity index (χ0) is 12.1. The van der Waals surface area contributed by atoms with Crippen molar-refractivity contribution in [1.29, 1.82) is 0 Å². The third-order valence-electron chi connectivity index (χ3n) is 2.37. The van der Waals surface area contributed by atoms with Crippen LogP contribution in [-0.4, -0.2) is 11.7 Å². The van der Waals surface area contributed by atoms with Crippen molar-refractivity contribution < 1.29 is 9.84 Å². The first kappa shape index (κ1) is 12.0. The normalized spacial score (nSPS) is 10.2. The molecule has 0 bridgehead atoms. The first-order valence-corrected chi connectivity index (χ1v) is 5.79. The average Bonchev–Trinajstić information content (AvgIpc) is 2.35. The quantitative estimate of drug-likeness (QED) is 0.895. The number of benzene rings is 2. The summed E-state index contributed by atoms with van der Waals surface area (Å²) in [6.45, 7) is 0.164. The SMILES string of the molecule is OCCc1ccc(Oc2ccc(Cl)cc2)cc1. The Balaban J connectivity index is 2.05. The Morgan fingerprint density at radius 2 is 1.41 bits per heavy atom. The molecule has 0 spiro atoms. The summed E-state index contributed by atoms with van der Waals surface area (Å²) in [4.78, 5) is 0. The second-order valence-corrected chi connectivity index (χ2v) is 4.11. The molecule has 0 aromatic heterocycles. The maximum atomic E-state index is 8.81. The van der Waals surface area contributed by atoms with Crippen molar-refractivity contribution in [2.75, 3.05) is 6.61 Å². The Kier molecular flexibility index (Phi) is 4.02. The van der Waals surface area contributed by atoms with Crippen LogP contribution >= 0.6 is 11.6 Å². The summed E-state index contributed by atoms with van der Waals surface area (Å²) in [5.74, 6) is 1.53. The summed E-state index contributed by atoms with van der Waals surface area (Å²) in [7, 11) is 0. The van der Waals surface area contributed by atoms with Gasteiger partial charge in [0.2, 0.25) is 0 Å². The molecule has 17 heavy (non-hydrogen) atoms. The second-order valence-electron chi connectivity index (χ2n) is 3.67. The predicted molar refractivity (Wildman–Crippen MR) is 68.8 cm³/mol. The van der Waals surface area contributed by atoms with Gasteiger partial charge in [-0.25, -0.2) is 0 Å². The van der Waals surface area contributed by atoms with Crippen LogP contribution in [0.25, 0.3) is 0 Å². The molecule has 0 radical (unpaired) electrons. The molecule has 2 aromatic carbocycles. The second kappa shape index (κ2) is 5.71. The number of aliphatic hydroxyl groups is 1. The lowest BCUT2D eigenvalue weighted by Crippen LogP contribution is -1.90. The van der Waals surface area contributed by atoms with Crippen molar-refractivity contribution in [2.45, 2.75) is 6.42 Å². The minimum atomic E-state index is 0.164. The van der Waals surface area contributed by atoms with Gasteiger partial charge in [-0.1, -0.05) is 23.7 Å². The first-order chi connectivity index (χ1) is 8.28. The van der Waals surface area contributed by atoms with Gasteiger partial charge in [-0.2, -0.15) is 0 Å². The van der Waals surface area contributed by atoms with Crippen LogP contribution in [0.2, 0.25) is 5.02 Å². The van der Waals surface area contributed by atoms with Gasteiger partial charge in [-0.3, -0.25) is 0 Å². The van der Waals surface area contributed by atoms with Gasteiger partial charge in [0, 0.05) is 11.6 Å². The van der Waals surface area contributed by atoms with Crippen LogP contribution in [0.5, 0.6) is 11.5 Å². The van der Waals surface area contributed by atoms with E-state index in [9.17, 15) is 0 Å². The van der Waals surface area contributed by atoms with Crippen LogP contribution in [0.4, 0.5) is 0 Å². The molecule has 1 N–H and O–H groups in total. The van der Waals surface area contributed by atoms with Crippen LogP contribution in [0.1, 0.15) is 5.56 Å². The van der Waals surface area contributed by atoms with E-state index in [4.69, 9.17) is 21.4 Å². The zero-order valence-corrected chi connectivity index (χ0v) is 10.0. The molecule has 0 unspecified atom stereocenters. The summed E-state index contributed by atoms with van der Waals surface area (Å²) in [6.07, 6.45) is 0.668. The Morgan fingerprint density at radius 3 is 1.94 bits per heavy atom. The summed E-state index contributed by atoms with van der Waals surface area (Å²) >= 11 is 5.79. The molecule has 0 atom stereocenters. The zero-order valence-electron chi connectivity index (χ0n) is 9.27. The molecule has 0 saturated carbocycles. The van der Waals surface area contributed by atoms with E-state index in [-0.39, 0.29) is 6.61 Å². The smallest absolute Gasteiger partial charge is 0.127 e. The number of ether oxygens (including phenoxy) is 1. The summed E-state index contributed by atoms with van der Waals surface area (Å²) in [6, 6.07) is 14.9. The maximum absolute atomic E-state index is 8.81. The Morgan fingerprint density at radius 1 is 0.882 bits per heavy atom. The lowest BCUT2D eigenvalue weighted by Gasteiger charge is -2.06. The molecule has 0 aliphatic carbocycles. The topological polar surface area (TPSA) is 29.5 Å². The van der Waals surface area contributed by atoms with Crippen LogP contribution in [-0.2, 0) is 6.42 Å². The van der Waals surface area contributed by atoms with E-state index in [1.807, 2.05) is 36.4 Å². The molecule has 2 rings (SSSR count). The lowest BCUT2D eigenvalue weighted by atomic mass is 10.1. The average molecular weight is 249 g/mol. The molecule has 88 valence electrons. The van der Waals surface area contributed by atoms with Gasteiger partial charge in [0.15, 0.2) is 0 Å². The molecule has 0 heterocycles. The minimum Gasteiger partial charge on any atom is -0.457 e. The van der Waals surface area contributed by atoms with E-state index >= 15 is 0 Å². The highest BCUT2D eigenvalue weighted by molar-refractivity contribution is 6.30. The predicted octanol–water partition coefficient (Wildman–Crippen LogP) is 3.67. The number of halogens is 1. The monoisotopic (exact) mass is 248 g/mol. The molecular weight excluding hydrogens is 236 g/mol. The van der Waals surface area contributed by atoms with E-state index in [0.717, 1.165) is 17.1 Å². The van der Waals surface area contributed by atoms with E-state index in [2.05, 4.69) is 0 Å². The fourth-order valence-corrected chi connectivity index (χ4v) is 1.62. The maximum Gasteiger partial charge on any atom is 0.127 e. The van der Waals surface area contributed by atoms with Crippen LogP contribution in [0, 0.1) is 0 Å². The van der Waals surface area contributed by atoms with Crippen molar-refractivity contribution in [3.05, 3.63) is 59.1 Å². The summed E-state index contributed by atoms with van der Waals surface area (Å²) in [5, 5.41) is 9.50. The van der Waals surface area contributed by atoms with Gasteiger partial charge < -0.3 is 9.84 Å². The lowest BCUT2D eigenvalue weighted by molar-refractivity contribution is 0.299. The fraction of sp³-hybridized carbons (Fsp3) is 0.143. The third-order valence-corrected chi connectivity index (χ3v) is 2.63. The fourth-order valence-electron chi connectivity index (χ4n) is 1.49. The summed E-state index contributed by atoms with van der Waals surface area (Å²) < 4.78 is 5.65. The van der Waals surface area contributed by atoms with E-state index in [1.165, 1.54) is 0 Å². The highest BCUT2D eigenvalue weighted by atomic mass is 35.5. The van der Waals surface area contributed by atoms with Crippen molar-refractivity contribution in [3.63, 3.8) is 0 Å². The minimum absolute atomic E-state index is 0.164. The van der Waals surface area contributed by atoms with Gasteiger partial charge in [0.1, 0.15) is 11.5 Å². The largest absolute Gasteiger partial charge is 0.457 e. The van der Waals surface area contributed by atoms with E-state index in [0.29, 0.717) is 11.4 Å². The van der Waals surface area contributed by atoms with Crippen molar-refractivity contribution in [3.8, 4) is 11.5 Å². The molecule has 0 fully saturated rings. The molecule has 2 nitrogen and oxygen atoms in total.